The zero-order valence-corrected chi connectivity index (χ0v) is 7.16. The molecule has 1 unspecified atom stereocenters. The highest BCUT2D eigenvalue weighted by Gasteiger charge is 2.16. The Morgan fingerprint density at radius 3 is 2.69 bits per heavy atom. The predicted octanol–water partition coefficient (Wildman–Crippen LogP) is 1.52. The van der Waals surface area contributed by atoms with Gasteiger partial charge in [0.05, 0.1) is 24.3 Å². The highest BCUT2D eigenvalue weighted by atomic mass is 16.7. The second-order valence-electron chi connectivity index (χ2n) is 3.04. The minimum atomic E-state index is 0.285. The zero-order valence-electron chi connectivity index (χ0n) is 7.16. The van der Waals surface area contributed by atoms with E-state index in [1.54, 1.807) is 0 Å². The van der Waals surface area contributed by atoms with E-state index in [4.69, 9.17) is 10.1 Å². The fourth-order valence-corrected chi connectivity index (χ4v) is 1.42. The predicted molar refractivity (Wildman–Crippen MR) is 47.6 cm³/mol. The largest absolute Gasteiger partial charge is 0.301 e. The molecule has 3 heteroatoms. The summed E-state index contributed by atoms with van der Waals surface area (Å²) in [6.07, 6.45) is 0.992. The zero-order chi connectivity index (χ0) is 9.10. The van der Waals surface area contributed by atoms with E-state index in [0.717, 1.165) is 13.0 Å². The van der Waals surface area contributed by atoms with E-state index in [9.17, 15) is 0 Å². The number of rotatable bonds is 1. The number of benzene rings is 1. The molecule has 1 heterocycles. The van der Waals surface area contributed by atoms with E-state index < -0.39 is 0 Å². The van der Waals surface area contributed by atoms with Crippen molar-refractivity contribution in [2.24, 2.45) is 0 Å². The lowest BCUT2D eigenvalue weighted by atomic mass is 10.0. The number of hydrogen-bond donors (Lipinski definition) is 1. The normalized spacial score (nSPS) is 21.3. The molecule has 1 atom stereocenters. The molecule has 0 bridgehead atoms. The van der Waals surface area contributed by atoms with Gasteiger partial charge in [0.1, 0.15) is 0 Å². The van der Waals surface area contributed by atoms with Crippen molar-refractivity contribution in [1.29, 1.82) is 5.26 Å². The van der Waals surface area contributed by atoms with Crippen LogP contribution in [0.3, 0.4) is 0 Å². The van der Waals surface area contributed by atoms with E-state index in [1.807, 2.05) is 24.3 Å². The molecule has 1 aliphatic heterocycles. The first-order valence-electron chi connectivity index (χ1n) is 4.27. The SMILES string of the molecule is N#Cc1ccc(C2CCON2)cc1. The molecule has 66 valence electrons. The van der Waals surface area contributed by atoms with Gasteiger partial charge < -0.3 is 4.84 Å². The first-order valence-corrected chi connectivity index (χ1v) is 4.27. The number of hydrogen-bond acceptors (Lipinski definition) is 3. The molecule has 0 spiro atoms. The third-order valence-corrected chi connectivity index (χ3v) is 2.18. The Kier molecular flexibility index (Phi) is 2.26. The van der Waals surface area contributed by atoms with Gasteiger partial charge in [0, 0.05) is 0 Å². The molecular formula is C10H10N2O. The highest BCUT2D eigenvalue weighted by molar-refractivity contribution is 5.32. The van der Waals surface area contributed by atoms with Crippen LogP contribution in [0.25, 0.3) is 0 Å². The van der Waals surface area contributed by atoms with E-state index in [1.165, 1.54) is 5.56 Å². The Morgan fingerprint density at radius 2 is 2.15 bits per heavy atom. The lowest BCUT2D eigenvalue weighted by Crippen LogP contribution is -2.10. The topological polar surface area (TPSA) is 45.0 Å². The number of nitrogens with one attached hydrogen (secondary N) is 1. The first kappa shape index (κ1) is 8.24. The van der Waals surface area contributed by atoms with Gasteiger partial charge in [0.25, 0.3) is 0 Å². The van der Waals surface area contributed by atoms with Crippen LogP contribution < -0.4 is 5.48 Å². The van der Waals surface area contributed by atoms with E-state index in [2.05, 4.69) is 11.5 Å². The van der Waals surface area contributed by atoms with Gasteiger partial charge in [0.2, 0.25) is 0 Å². The number of hydroxylamine groups is 1. The Bertz CT molecular complexity index is 320. The molecule has 1 N–H and O–H groups in total. The quantitative estimate of drug-likeness (QED) is 0.702. The van der Waals surface area contributed by atoms with Gasteiger partial charge in [-0.05, 0) is 24.1 Å². The third kappa shape index (κ3) is 1.69. The van der Waals surface area contributed by atoms with Crippen molar-refractivity contribution >= 4 is 0 Å². The van der Waals surface area contributed by atoms with E-state index in [0.29, 0.717) is 5.56 Å². The van der Waals surface area contributed by atoms with Crippen molar-refractivity contribution in [1.82, 2.24) is 5.48 Å². The molecule has 1 fully saturated rings. The van der Waals surface area contributed by atoms with Gasteiger partial charge in [-0.2, -0.15) is 10.7 Å². The Morgan fingerprint density at radius 1 is 1.38 bits per heavy atom. The smallest absolute Gasteiger partial charge is 0.0991 e. The van der Waals surface area contributed by atoms with E-state index >= 15 is 0 Å². The molecule has 0 radical (unpaired) electrons. The third-order valence-electron chi connectivity index (χ3n) is 2.18. The maximum atomic E-state index is 8.60. The van der Waals surface area contributed by atoms with E-state index in [-0.39, 0.29) is 6.04 Å². The molecule has 0 aromatic heterocycles. The van der Waals surface area contributed by atoms with Crippen LogP contribution >= 0.6 is 0 Å². The van der Waals surface area contributed by atoms with Crippen molar-refractivity contribution in [2.75, 3.05) is 6.61 Å². The molecule has 3 nitrogen and oxygen atoms in total. The summed E-state index contributed by atoms with van der Waals surface area (Å²) in [5, 5.41) is 8.60. The highest BCUT2D eigenvalue weighted by Crippen LogP contribution is 2.20. The number of nitriles is 1. The van der Waals surface area contributed by atoms with Crippen LogP contribution in [0.15, 0.2) is 24.3 Å². The molecule has 1 aliphatic rings. The van der Waals surface area contributed by atoms with Crippen LogP contribution in [0.2, 0.25) is 0 Å². The second-order valence-corrected chi connectivity index (χ2v) is 3.04. The van der Waals surface area contributed by atoms with Crippen LogP contribution in [0.4, 0.5) is 0 Å². The summed E-state index contributed by atoms with van der Waals surface area (Å²) in [6, 6.07) is 9.96. The standard InChI is InChI=1S/C10H10N2O/c11-7-8-1-3-9(4-2-8)10-5-6-13-12-10/h1-4,10,12H,5-6H2. The summed E-state index contributed by atoms with van der Waals surface area (Å²) in [4.78, 5) is 5.05. The number of nitrogens with zero attached hydrogens (tertiary/aromatic N) is 1. The summed E-state index contributed by atoms with van der Waals surface area (Å²) < 4.78 is 0. The van der Waals surface area contributed by atoms with Gasteiger partial charge >= 0.3 is 0 Å². The van der Waals surface area contributed by atoms with Crippen LogP contribution in [-0.2, 0) is 4.84 Å². The molecule has 1 aromatic rings. The summed E-state index contributed by atoms with van der Waals surface area (Å²) in [5.74, 6) is 0. The Labute approximate surface area is 76.9 Å². The maximum Gasteiger partial charge on any atom is 0.0991 e. The van der Waals surface area contributed by atoms with Gasteiger partial charge in [-0.1, -0.05) is 12.1 Å². The summed E-state index contributed by atoms with van der Waals surface area (Å²) >= 11 is 0. The fraction of sp³-hybridized carbons (Fsp3) is 0.300. The van der Waals surface area contributed by atoms with Crippen molar-refractivity contribution < 1.29 is 4.84 Å². The van der Waals surface area contributed by atoms with Crippen LogP contribution in [0, 0.1) is 11.3 Å². The molecule has 0 aliphatic carbocycles. The lowest BCUT2D eigenvalue weighted by molar-refractivity contribution is 0.0883. The van der Waals surface area contributed by atoms with Gasteiger partial charge in [-0.3, -0.25) is 0 Å². The summed E-state index contributed by atoms with van der Waals surface area (Å²) in [6.45, 7) is 0.755. The van der Waals surface area contributed by atoms with Gasteiger partial charge in [-0.15, -0.1) is 0 Å². The Hall–Kier alpha value is -1.37. The van der Waals surface area contributed by atoms with Crippen LogP contribution in [0.5, 0.6) is 0 Å². The fourth-order valence-electron chi connectivity index (χ4n) is 1.42. The summed E-state index contributed by atoms with van der Waals surface area (Å²) in [7, 11) is 0. The van der Waals surface area contributed by atoms with Crippen molar-refractivity contribution in [3.8, 4) is 6.07 Å². The summed E-state index contributed by atoms with van der Waals surface area (Å²) in [5.41, 5.74) is 4.80. The molecule has 2 rings (SSSR count). The molecule has 1 saturated heterocycles. The van der Waals surface area contributed by atoms with Crippen molar-refractivity contribution in [3.05, 3.63) is 35.4 Å². The van der Waals surface area contributed by atoms with Crippen LogP contribution in [0.1, 0.15) is 23.6 Å². The Balaban J connectivity index is 2.18. The average Bonchev–Trinajstić information content (AvgIpc) is 2.71. The molecule has 0 amide bonds. The van der Waals surface area contributed by atoms with Crippen LogP contribution in [-0.4, -0.2) is 6.61 Å². The molecular weight excluding hydrogens is 164 g/mol. The monoisotopic (exact) mass is 174 g/mol. The second kappa shape index (κ2) is 3.56. The molecule has 1 aromatic carbocycles. The molecule has 0 saturated carbocycles. The minimum absolute atomic E-state index is 0.285. The van der Waals surface area contributed by atoms with Gasteiger partial charge in [0.15, 0.2) is 0 Å². The maximum absolute atomic E-state index is 8.60. The first-order chi connectivity index (χ1) is 6.40. The average molecular weight is 174 g/mol. The van der Waals surface area contributed by atoms with Gasteiger partial charge in [-0.25, -0.2) is 0 Å². The molecule has 13 heavy (non-hydrogen) atoms. The van der Waals surface area contributed by atoms with Crippen molar-refractivity contribution in [3.63, 3.8) is 0 Å². The lowest BCUT2D eigenvalue weighted by Gasteiger charge is -2.07. The van der Waals surface area contributed by atoms with Crippen molar-refractivity contribution in [2.45, 2.75) is 12.5 Å². The minimum Gasteiger partial charge on any atom is -0.301 e.